The summed E-state index contributed by atoms with van der Waals surface area (Å²) < 4.78 is 0. The molecule has 0 radical (unpaired) electrons. The molecule has 1 aromatic heterocycles. The number of nitrogen functional groups attached to an aromatic ring is 1. The van der Waals surface area contributed by atoms with Crippen molar-refractivity contribution in [2.75, 3.05) is 43.9 Å². The monoisotopic (exact) mass is 248 g/mol. The van der Waals surface area contributed by atoms with Crippen molar-refractivity contribution < 1.29 is 4.79 Å². The molecule has 0 amide bonds. The number of hydrogen-bond acceptors (Lipinski definition) is 5. The van der Waals surface area contributed by atoms with Gasteiger partial charge in [0.05, 0.1) is 11.9 Å². The van der Waals surface area contributed by atoms with Crippen LogP contribution in [0.4, 0.5) is 11.5 Å². The molecule has 0 saturated carbocycles. The maximum atomic E-state index is 9.06. The van der Waals surface area contributed by atoms with E-state index in [9.17, 15) is 0 Å². The Labute approximate surface area is 108 Å². The summed E-state index contributed by atoms with van der Waals surface area (Å²) in [5, 5.41) is 0. The zero-order valence-electron chi connectivity index (χ0n) is 10.7. The molecule has 2 heterocycles. The molecule has 1 aliphatic heterocycles. The normalized spacial score (nSPS) is 15.5. The number of nitrogens with zero attached hydrogens (tertiary/aromatic N) is 3. The van der Waals surface area contributed by atoms with Crippen LogP contribution in [0.2, 0.25) is 0 Å². The second kappa shape index (κ2) is 7.45. The van der Waals surface area contributed by atoms with E-state index in [0.29, 0.717) is 6.29 Å². The van der Waals surface area contributed by atoms with Gasteiger partial charge in [0, 0.05) is 26.2 Å². The van der Waals surface area contributed by atoms with Gasteiger partial charge < -0.3 is 15.5 Å². The number of carbonyl (C=O) groups is 1. The summed E-state index contributed by atoms with van der Waals surface area (Å²) in [6.45, 7) is 7.42. The molecule has 0 atom stereocenters. The van der Waals surface area contributed by atoms with Crippen molar-refractivity contribution >= 4 is 17.8 Å². The Morgan fingerprint density at radius 2 is 1.94 bits per heavy atom. The Bertz CT molecular complexity index is 363. The molecule has 0 bridgehead atoms. The largest absolute Gasteiger partial charge is 0.397 e. The van der Waals surface area contributed by atoms with E-state index in [1.807, 2.05) is 12.1 Å². The van der Waals surface area contributed by atoms with Gasteiger partial charge in [0.15, 0.2) is 0 Å². The average Bonchev–Trinajstić information content (AvgIpc) is 2.41. The highest BCUT2D eigenvalue weighted by Crippen LogP contribution is 2.13. The van der Waals surface area contributed by atoms with Crippen molar-refractivity contribution in [2.24, 2.45) is 0 Å². The standard InChI is InChI=1S/C10H16N4.C3H4O/c1-13-4-6-14(7-5-13)10-3-2-9(11)8-12-10;1-2-3-4/h2-3,8H,4-7,11H2,1H3;2-3H,1H2. The fourth-order valence-corrected chi connectivity index (χ4v) is 1.62. The van der Waals surface area contributed by atoms with Gasteiger partial charge in [0.1, 0.15) is 12.1 Å². The molecule has 1 saturated heterocycles. The molecule has 2 N–H and O–H groups in total. The van der Waals surface area contributed by atoms with Crippen LogP contribution in [0.1, 0.15) is 0 Å². The first-order valence-electron chi connectivity index (χ1n) is 5.88. The molecule has 18 heavy (non-hydrogen) atoms. The van der Waals surface area contributed by atoms with Gasteiger partial charge in [-0.25, -0.2) is 4.98 Å². The zero-order valence-corrected chi connectivity index (χ0v) is 10.7. The highest BCUT2D eigenvalue weighted by atomic mass is 16.1. The number of allylic oxidation sites excluding steroid dienone is 1. The number of pyridine rings is 1. The summed E-state index contributed by atoms with van der Waals surface area (Å²) in [5.74, 6) is 1.03. The van der Waals surface area contributed by atoms with Gasteiger partial charge in [-0.2, -0.15) is 0 Å². The Kier molecular flexibility index (Phi) is 5.87. The maximum absolute atomic E-state index is 9.06. The van der Waals surface area contributed by atoms with E-state index < -0.39 is 0 Å². The molecule has 5 heteroatoms. The smallest absolute Gasteiger partial charge is 0.142 e. The summed E-state index contributed by atoms with van der Waals surface area (Å²) in [6.07, 6.45) is 3.55. The van der Waals surface area contributed by atoms with Gasteiger partial charge in [-0.3, -0.25) is 4.79 Å². The Balaban J connectivity index is 0.000000357. The first kappa shape index (κ1) is 14.2. The van der Waals surface area contributed by atoms with Gasteiger partial charge in [-0.05, 0) is 25.3 Å². The molecule has 2 rings (SSSR count). The molecule has 1 fully saturated rings. The van der Waals surface area contributed by atoms with Crippen LogP contribution in [-0.4, -0.2) is 49.4 Å². The van der Waals surface area contributed by atoms with E-state index in [0.717, 1.165) is 37.7 Å². The molecule has 0 aromatic carbocycles. The van der Waals surface area contributed by atoms with Crippen molar-refractivity contribution in [2.45, 2.75) is 0 Å². The molecular weight excluding hydrogens is 228 g/mol. The van der Waals surface area contributed by atoms with Crippen molar-refractivity contribution in [1.82, 2.24) is 9.88 Å². The van der Waals surface area contributed by atoms with Crippen molar-refractivity contribution in [3.05, 3.63) is 31.0 Å². The van der Waals surface area contributed by atoms with Crippen LogP contribution in [-0.2, 0) is 4.79 Å². The van der Waals surface area contributed by atoms with Gasteiger partial charge >= 0.3 is 0 Å². The van der Waals surface area contributed by atoms with Gasteiger partial charge in [0.2, 0.25) is 0 Å². The maximum Gasteiger partial charge on any atom is 0.142 e. The second-order valence-electron chi connectivity index (χ2n) is 4.11. The number of anilines is 2. The van der Waals surface area contributed by atoms with Crippen LogP contribution in [0, 0.1) is 0 Å². The van der Waals surface area contributed by atoms with Gasteiger partial charge in [-0.1, -0.05) is 6.58 Å². The molecule has 98 valence electrons. The summed E-state index contributed by atoms with van der Waals surface area (Å²) >= 11 is 0. The summed E-state index contributed by atoms with van der Waals surface area (Å²) in [6, 6.07) is 3.89. The predicted molar refractivity (Wildman–Crippen MR) is 74.6 cm³/mol. The fourth-order valence-electron chi connectivity index (χ4n) is 1.62. The van der Waals surface area contributed by atoms with Gasteiger partial charge in [-0.15, -0.1) is 0 Å². The van der Waals surface area contributed by atoms with Gasteiger partial charge in [0.25, 0.3) is 0 Å². The third-order valence-electron chi connectivity index (χ3n) is 2.69. The van der Waals surface area contributed by atoms with Crippen molar-refractivity contribution in [3.8, 4) is 0 Å². The topological polar surface area (TPSA) is 62.5 Å². The van der Waals surface area contributed by atoms with E-state index in [4.69, 9.17) is 10.5 Å². The third kappa shape index (κ3) is 4.55. The van der Waals surface area contributed by atoms with Crippen LogP contribution in [0.15, 0.2) is 31.0 Å². The molecule has 0 aliphatic carbocycles. The van der Waals surface area contributed by atoms with Crippen LogP contribution in [0.5, 0.6) is 0 Å². The van der Waals surface area contributed by atoms with Crippen LogP contribution >= 0.6 is 0 Å². The molecule has 0 unspecified atom stereocenters. The fraction of sp³-hybridized carbons (Fsp3) is 0.385. The number of aromatic nitrogens is 1. The van der Waals surface area contributed by atoms with E-state index in [1.165, 1.54) is 6.08 Å². The number of nitrogens with two attached hydrogens (primary N) is 1. The number of carbonyl (C=O) groups excluding carboxylic acids is 1. The minimum Gasteiger partial charge on any atom is -0.397 e. The summed E-state index contributed by atoms with van der Waals surface area (Å²) in [7, 11) is 2.15. The predicted octanol–water partition coefficient (Wildman–Crippen LogP) is 0.787. The number of rotatable bonds is 2. The van der Waals surface area contributed by atoms with E-state index in [2.05, 4.69) is 28.4 Å². The highest BCUT2D eigenvalue weighted by Gasteiger charge is 2.14. The molecule has 1 aliphatic rings. The summed E-state index contributed by atoms with van der Waals surface area (Å²) in [5.41, 5.74) is 6.31. The molecule has 5 nitrogen and oxygen atoms in total. The lowest BCUT2D eigenvalue weighted by molar-refractivity contribution is -0.104. The second-order valence-corrected chi connectivity index (χ2v) is 4.11. The Morgan fingerprint density at radius 1 is 1.33 bits per heavy atom. The molecular formula is C13H20N4O. The van der Waals surface area contributed by atoms with Crippen molar-refractivity contribution in [1.29, 1.82) is 0 Å². The lowest BCUT2D eigenvalue weighted by Gasteiger charge is -2.33. The molecule has 1 aromatic rings. The van der Waals surface area contributed by atoms with Crippen LogP contribution in [0.25, 0.3) is 0 Å². The first-order chi connectivity index (χ1) is 8.67. The third-order valence-corrected chi connectivity index (χ3v) is 2.69. The number of hydrogen-bond donors (Lipinski definition) is 1. The van der Waals surface area contributed by atoms with E-state index in [-0.39, 0.29) is 0 Å². The Hall–Kier alpha value is -1.88. The zero-order chi connectivity index (χ0) is 13.4. The van der Waals surface area contributed by atoms with E-state index >= 15 is 0 Å². The first-order valence-corrected chi connectivity index (χ1v) is 5.88. The number of likely N-dealkylation sites (N-methyl/N-ethyl adjacent to an activating group) is 1. The quantitative estimate of drug-likeness (QED) is 0.619. The number of aldehydes is 1. The summed E-state index contributed by atoms with van der Waals surface area (Å²) in [4.78, 5) is 18.0. The van der Waals surface area contributed by atoms with E-state index in [1.54, 1.807) is 6.20 Å². The minimum absolute atomic E-state index is 0.639. The van der Waals surface area contributed by atoms with Crippen molar-refractivity contribution in [3.63, 3.8) is 0 Å². The Morgan fingerprint density at radius 3 is 2.39 bits per heavy atom. The number of piperazine rings is 1. The van der Waals surface area contributed by atoms with Crippen LogP contribution < -0.4 is 10.6 Å². The lowest BCUT2D eigenvalue weighted by Crippen LogP contribution is -2.44. The molecule has 0 spiro atoms. The SMILES string of the molecule is C=CC=O.CN1CCN(c2ccc(N)cn2)CC1. The lowest BCUT2D eigenvalue weighted by atomic mass is 10.3. The average molecular weight is 248 g/mol. The van der Waals surface area contributed by atoms with Crippen LogP contribution in [0.3, 0.4) is 0 Å². The highest BCUT2D eigenvalue weighted by molar-refractivity contribution is 5.63. The minimum atomic E-state index is 0.639.